The van der Waals surface area contributed by atoms with Gasteiger partial charge >= 0.3 is 6.03 Å². The lowest BCUT2D eigenvalue weighted by atomic mass is 10.1. The highest BCUT2D eigenvalue weighted by Crippen LogP contribution is 2.35. The molecule has 5 rings (SSSR count). The molecule has 0 bridgehead atoms. The van der Waals surface area contributed by atoms with E-state index >= 15 is 0 Å². The number of carbonyl (C=O) groups excluding carboxylic acids is 1. The van der Waals surface area contributed by atoms with Gasteiger partial charge in [0, 0.05) is 6.04 Å². The third-order valence-corrected chi connectivity index (χ3v) is 9.31. The lowest BCUT2D eigenvalue weighted by Crippen LogP contribution is -2.42. The van der Waals surface area contributed by atoms with Crippen molar-refractivity contribution in [1.82, 2.24) is 10.3 Å². The van der Waals surface area contributed by atoms with Crippen LogP contribution in [0.15, 0.2) is 115 Å². The second-order valence-electron chi connectivity index (χ2n) is 8.25. The number of fused-ring (bicyclic) bond motifs is 1. The number of hydrogen-bond acceptors (Lipinski definition) is 3. The van der Waals surface area contributed by atoms with E-state index in [9.17, 15) is 4.79 Å². The van der Waals surface area contributed by atoms with Crippen molar-refractivity contribution >= 4 is 51.2 Å². The Kier molecular flexibility index (Phi) is 7.47. The first-order valence-corrected chi connectivity index (χ1v) is 13.9. The molecule has 0 aliphatic heterocycles. The maximum Gasteiger partial charge on any atom is 0.321 e. The minimum Gasteiger partial charge on any atom is -0.334 e. The molecule has 6 heteroatoms. The van der Waals surface area contributed by atoms with Crippen LogP contribution in [0.1, 0.15) is 5.56 Å². The zero-order valence-electron chi connectivity index (χ0n) is 19.2. The fraction of sp³-hybridized carbons (Fsp3) is 0.103. The Hall–Kier alpha value is -3.53. The molecule has 0 saturated carbocycles. The van der Waals surface area contributed by atoms with Crippen molar-refractivity contribution in [2.75, 3.05) is 11.5 Å². The topological polar surface area (TPSA) is 54.0 Å². The summed E-state index contributed by atoms with van der Waals surface area (Å²) in [5, 5.41) is 9.44. The molecule has 2 N–H and O–H groups in total. The zero-order chi connectivity index (χ0) is 23.9. The molecule has 0 radical (unpaired) electrons. The summed E-state index contributed by atoms with van der Waals surface area (Å²) in [6, 6.07) is 39.2. The van der Waals surface area contributed by atoms with Gasteiger partial charge in [-0.15, -0.1) is 0 Å². The minimum absolute atomic E-state index is 0.0432. The number of hydrogen-bond donors (Lipinski definition) is 2. The number of amides is 2. The third kappa shape index (κ3) is 6.13. The van der Waals surface area contributed by atoms with Crippen LogP contribution >= 0.6 is 19.3 Å². The molecule has 1 aromatic heterocycles. The third-order valence-electron chi connectivity index (χ3n) is 5.71. The first-order valence-electron chi connectivity index (χ1n) is 11.6. The number of rotatable bonds is 8. The molecule has 1 atom stereocenters. The molecular weight excluding hydrogens is 469 g/mol. The van der Waals surface area contributed by atoms with E-state index in [0.717, 1.165) is 22.8 Å². The van der Waals surface area contributed by atoms with Gasteiger partial charge in [0.05, 0.1) is 10.2 Å². The Morgan fingerprint density at radius 1 is 0.771 bits per heavy atom. The van der Waals surface area contributed by atoms with Gasteiger partial charge < -0.3 is 5.32 Å². The van der Waals surface area contributed by atoms with Crippen LogP contribution in [0.25, 0.3) is 10.2 Å². The van der Waals surface area contributed by atoms with Gasteiger partial charge in [0.1, 0.15) is 0 Å². The quantitative estimate of drug-likeness (QED) is 0.253. The van der Waals surface area contributed by atoms with Gasteiger partial charge in [-0.1, -0.05) is 114 Å². The predicted molar refractivity (Wildman–Crippen MR) is 150 cm³/mol. The molecule has 0 saturated heterocycles. The number of thiazole rings is 1. The van der Waals surface area contributed by atoms with Crippen LogP contribution in [0.4, 0.5) is 9.93 Å². The Bertz CT molecular complexity index is 1300. The molecule has 4 nitrogen and oxygen atoms in total. The monoisotopic (exact) mass is 495 g/mol. The maximum absolute atomic E-state index is 13.1. The number of para-hydroxylation sites is 1. The molecule has 0 unspecified atom stereocenters. The molecule has 2 amide bonds. The smallest absolute Gasteiger partial charge is 0.321 e. The van der Waals surface area contributed by atoms with Gasteiger partial charge in [-0.25, -0.2) is 9.78 Å². The SMILES string of the molecule is O=C(Nc1nc2ccccc2s1)N[C@@H](Cc1ccccc1)CP(c1ccccc1)c1ccccc1. The van der Waals surface area contributed by atoms with Crippen LogP contribution < -0.4 is 21.2 Å². The molecule has 5 aromatic rings. The van der Waals surface area contributed by atoms with Crippen molar-refractivity contribution in [3.8, 4) is 0 Å². The van der Waals surface area contributed by atoms with Crippen LogP contribution in [-0.4, -0.2) is 23.2 Å². The summed E-state index contributed by atoms with van der Waals surface area (Å²) >= 11 is 1.49. The number of nitrogens with zero attached hydrogens (tertiary/aromatic N) is 1. The van der Waals surface area contributed by atoms with Crippen molar-refractivity contribution in [1.29, 1.82) is 0 Å². The number of urea groups is 1. The number of nitrogens with one attached hydrogen (secondary N) is 2. The molecule has 35 heavy (non-hydrogen) atoms. The zero-order valence-corrected chi connectivity index (χ0v) is 20.9. The van der Waals surface area contributed by atoms with E-state index in [1.807, 2.05) is 54.6 Å². The number of aromatic nitrogens is 1. The average molecular weight is 496 g/mol. The van der Waals surface area contributed by atoms with Crippen molar-refractivity contribution in [2.24, 2.45) is 0 Å². The van der Waals surface area contributed by atoms with E-state index in [2.05, 4.69) is 76.3 Å². The van der Waals surface area contributed by atoms with Gasteiger partial charge in [0.15, 0.2) is 5.13 Å². The number of anilines is 1. The molecule has 0 aliphatic rings. The van der Waals surface area contributed by atoms with Crippen molar-refractivity contribution in [3.63, 3.8) is 0 Å². The summed E-state index contributed by atoms with van der Waals surface area (Å²) in [5.74, 6) is 0. The van der Waals surface area contributed by atoms with Crippen molar-refractivity contribution < 1.29 is 4.79 Å². The Balaban J connectivity index is 1.39. The van der Waals surface area contributed by atoms with Crippen molar-refractivity contribution in [3.05, 3.63) is 121 Å². The summed E-state index contributed by atoms with van der Waals surface area (Å²) < 4.78 is 1.06. The average Bonchev–Trinajstić information content (AvgIpc) is 3.31. The number of carbonyl (C=O) groups is 1. The minimum atomic E-state index is -0.648. The largest absolute Gasteiger partial charge is 0.334 e. The summed E-state index contributed by atoms with van der Waals surface area (Å²) in [7, 11) is -0.648. The van der Waals surface area contributed by atoms with Gasteiger partial charge in [-0.3, -0.25) is 5.32 Å². The van der Waals surface area contributed by atoms with E-state index in [-0.39, 0.29) is 12.1 Å². The van der Waals surface area contributed by atoms with E-state index < -0.39 is 7.92 Å². The van der Waals surface area contributed by atoms with Gasteiger partial charge in [0.25, 0.3) is 0 Å². The first-order chi connectivity index (χ1) is 17.2. The lowest BCUT2D eigenvalue weighted by molar-refractivity contribution is 0.249. The standard InChI is InChI=1S/C29H26N3OPS/c33-28(32-29-31-26-18-10-11-19-27(26)35-29)30-23(20-22-12-4-1-5-13-22)21-34(24-14-6-2-7-15-24)25-16-8-3-9-17-25/h1-19,23H,20-21H2,(H2,30,31,32,33)/t23-/m0/s1. The Morgan fingerprint density at radius 2 is 1.34 bits per heavy atom. The fourth-order valence-corrected chi connectivity index (χ4v) is 7.41. The Morgan fingerprint density at radius 3 is 1.97 bits per heavy atom. The van der Waals surface area contributed by atoms with Gasteiger partial charge in [-0.05, 0) is 48.8 Å². The highest BCUT2D eigenvalue weighted by atomic mass is 32.1. The van der Waals surface area contributed by atoms with E-state index in [1.165, 1.54) is 27.5 Å². The van der Waals surface area contributed by atoms with Crippen LogP contribution in [0.5, 0.6) is 0 Å². The van der Waals surface area contributed by atoms with E-state index in [0.29, 0.717) is 5.13 Å². The molecule has 0 fully saturated rings. The predicted octanol–water partition coefficient (Wildman–Crippen LogP) is 6.16. The van der Waals surface area contributed by atoms with Crippen molar-refractivity contribution in [2.45, 2.75) is 12.5 Å². The van der Waals surface area contributed by atoms with Crippen LogP contribution in [0, 0.1) is 0 Å². The van der Waals surface area contributed by atoms with Crippen LogP contribution in [-0.2, 0) is 6.42 Å². The molecule has 4 aromatic carbocycles. The lowest BCUT2D eigenvalue weighted by Gasteiger charge is -2.26. The highest BCUT2D eigenvalue weighted by molar-refractivity contribution is 7.73. The van der Waals surface area contributed by atoms with Gasteiger partial charge in [0.2, 0.25) is 0 Å². The van der Waals surface area contributed by atoms with Crippen LogP contribution in [0.2, 0.25) is 0 Å². The summed E-state index contributed by atoms with van der Waals surface area (Å²) in [6.45, 7) is 0. The molecule has 174 valence electrons. The number of benzene rings is 4. The summed E-state index contributed by atoms with van der Waals surface area (Å²) in [6.07, 6.45) is 1.60. The molecule has 1 heterocycles. The van der Waals surface area contributed by atoms with E-state index in [1.54, 1.807) is 0 Å². The maximum atomic E-state index is 13.1. The van der Waals surface area contributed by atoms with Gasteiger partial charge in [-0.2, -0.15) is 0 Å². The first kappa shape index (κ1) is 23.2. The van der Waals surface area contributed by atoms with E-state index in [4.69, 9.17) is 0 Å². The van der Waals surface area contributed by atoms with Crippen LogP contribution in [0.3, 0.4) is 0 Å². The summed E-state index contributed by atoms with van der Waals surface area (Å²) in [4.78, 5) is 17.6. The Labute approximate surface area is 210 Å². The highest BCUT2D eigenvalue weighted by Gasteiger charge is 2.22. The normalized spacial score (nSPS) is 11.9. The molecule has 0 spiro atoms. The summed E-state index contributed by atoms with van der Waals surface area (Å²) in [5.41, 5.74) is 2.10. The second-order valence-corrected chi connectivity index (χ2v) is 11.5. The fourth-order valence-electron chi connectivity index (χ4n) is 4.10. The molecular formula is C29H26N3OPS. The molecule has 0 aliphatic carbocycles. The second kappa shape index (κ2) is 11.3.